The molecule has 0 saturated heterocycles. The van der Waals surface area contributed by atoms with Gasteiger partial charge in [0.1, 0.15) is 5.54 Å². The minimum absolute atomic E-state index is 0.0774. The fourth-order valence-electron chi connectivity index (χ4n) is 1.98. The third kappa shape index (κ3) is 3.92. The molecule has 0 amide bonds. The normalized spacial score (nSPS) is 13.5. The molecule has 8 nitrogen and oxygen atoms in total. The van der Waals surface area contributed by atoms with E-state index in [1.54, 1.807) is 0 Å². The first-order valence-corrected chi connectivity index (χ1v) is 6.75. The Balaban J connectivity index is 2.03. The molecule has 1 heterocycles. The fraction of sp³-hybridized carbons (Fsp3) is 0.333. The van der Waals surface area contributed by atoms with E-state index in [2.05, 4.69) is 4.42 Å². The first-order valence-electron chi connectivity index (χ1n) is 6.75. The molecular weight excluding hydrogens is 306 g/mol. The minimum Gasteiger partial charge on any atom is -0.504 e. The highest BCUT2D eigenvalue weighted by molar-refractivity contribution is 5.80. The molecule has 1 aromatic heterocycles. The summed E-state index contributed by atoms with van der Waals surface area (Å²) in [5.41, 5.74) is 5.13. The molecule has 0 radical (unpaired) electrons. The van der Waals surface area contributed by atoms with Gasteiger partial charge in [0.25, 0.3) is 0 Å². The quantitative estimate of drug-likeness (QED) is 0.546. The summed E-state index contributed by atoms with van der Waals surface area (Å²) in [6.45, 7) is 2.70. The first kappa shape index (κ1) is 16.6. The van der Waals surface area contributed by atoms with Crippen molar-refractivity contribution < 1.29 is 28.6 Å². The standard InChI is InChI=1S/C15H17NO7/c1-8-12(23-14(20)22-8)7-21-13(19)15(2,16)6-9-3-4-10(17)11(18)5-9/h3-5,17-18H,6-7,16H2,1-2H3. The summed E-state index contributed by atoms with van der Waals surface area (Å²) >= 11 is 0. The van der Waals surface area contributed by atoms with E-state index < -0.39 is 17.3 Å². The number of hydrogen-bond donors (Lipinski definition) is 3. The molecule has 2 rings (SSSR count). The van der Waals surface area contributed by atoms with Crippen LogP contribution in [0, 0.1) is 6.92 Å². The Morgan fingerprint density at radius 2 is 2.00 bits per heavy atom. The van der Waals surface area contributed by atoms with E-state index >= 15 is 0 Å². The molecule has 4 N–H and O–H groups in total. The largest absolute Gasteiger partial charge is 0.519 e. The zero-order valence-electron chi connectivity index (χ0n) is 12.7. The van der Waals surface area contributed by atoms with Crippen LogP contribution in [0.4, 0.5) is 0 Å². The van der Waals surface area contributed by atoms with Crippen LogP contribution in [-0.4, -0.2) is 21.7 Å². The van der Waals surface area contributed by atoms with Crippen molar-refractivity contribution in [1.82, 2.24) is 0 Å². The van der Waals surface area contributed by atoms with Crippen molar-refractivity contribution in [1.29, 1.82) is 0 Å². The van der Waals surface area contributed by atoms with Crippen LogP contribution in [0.15, 0.2) is 31.8 Å². The number of carbonyl (C=O) groups is 1. The van der Waals surface area contributed by atoms with Crippen LogP contribution in [0.2, 0.25) is 0 Å². The summed E-state index contributed by atoms with van der Waals surface area (Å²) < 4.78 is 14.4. The maximum absolute atomic E-state index is 12.1. The van der Waals surface area contributed by atoms with E-state index in [1.165, 1.54) is 32.0 Å². The third-order valence-corrected chi connectivity index (χ3v) is 3.25. The number of esters is 1. The minimum atomic E-state index is -1.37. The number of phenolic OH excluding ortho intramolecular Hbond substituents is 2. The molecule has 124 valence electrons. The number of nitrogens with two attached hydrogens (primary N) is 1. The lowest BCUT2D eigenvalue weighted by Gasteiger charge is -2.22. The van der Waals surface area contributed by atoms with Crippen molar-refractivity contribution in [3.05, 3.63) is 45.9 Å². The Kier molecular flexibility index (Phi) is 4.46. The number of benzene rings is 1. The summed E-state index contributed by atoms with van der Waals surface area (Å²) in [7, 11) is 0. The van der Waals surface area contributed by atoms with Crippen LogP contribution in [0.5, 0.6) is 11.5 Å². The molecule has 1 aromatic carbocycles. The average molecular weight is 323 g/mol. The van der Waals surface area contributed by atoms with Gasteiger partial charge in [0.15, 0.2) is 29.6 Å². The highest BCUT2D eigenvalue weighted by Crippen LogP contribution is 2.26. The average Bonchev–Trinajstić information content (AvgIpc) is 2.78. The number of ether oxygens (including phenoxy) is 1. The van der Waals surface area contributed by atoms with Crippen molar-refractivity contribution in [3.8, 4) is 11.5 Å². The molecule has 1 unspecified atom stereocenters. The van der Waals surface area contributed by atoms with Gasteiger partial charge in [-0.25, -0.2) is 4.79 Å². The molecule has 0 bridgehead atoms. The van der Waals surface area contributed by atoms with E-state index in [0.29, 0.717) is 5.56 Å². The summed E-state index contributed by atoms with van der Waals surface area (Å²) in [5, 5.41) is 18.7. The van der Waals surface area contributed by atoms with E-state index in [0.717, 1.165) is 0 Å². The van der Waals surface area contributed by atoms with E-state index in [4.69, 9.17) is 14.9 Å². The molecule has 0 saturated carbocycles. The summed E-state index contributed by atoms with van der Waals surface area (Å²) in [6.07, 6.45) is 0.0774. The molecule has 1 atom stereocenters. The van der Waals surface area contributed by atoms with Gasteiger partial charge in [0, 0.05) is 6.42 Å². The Hall–Kier alpha value is -2.74. The van der Waals surface area contributed by atoms with Gasteiger partial charge in [0.2, 0.25) is 0 Å². The molecular formula is C15H17NO7. The van der Waals surface area contributed by atoms with Crippen LogP contribution < -0.4 is 11.6 Å². The van der Waals surface area contributed by atoms with Crippen LogP contribution in [0.1, 0.15) is 24.0 Å². The van der Waals surface area contributed by atoms with Gasteiger partial charge in [-0.3, -0.25) is 4.79 Å². The van der Waals surface area contributed by atoms with E-state index in [1.807, 2.05) is 0 Å². The van der Waals surface area contributed by atoms with Crippen molar-refractivity contribution in [3.63, 3.8) is 0 Å². The third-order valence-electron chi connectivity index (χ3n) is 3.25. The van der Waals surface area contributed by atoms with Crippen LogP contribution in [0.3, 0.4) is 0 Å². The lowest BCUT2D eigenvalue weighted by Crippen LogP contribution is -2.48. The topological polar surface area (TPSA) is 136 Å². The Bertz CT molecular complexity index is 772. The Morgan fingerprint density at radius 1 is 1.30 bits per heavy atom. The summed E-state index contributed by atoms with van der Waals surface area (Å²) in [4.78, 5) is 23.0. The van der Waals surface area contributed by atoms with Crippen LogP contribution in [-0.2, 0) is 22.6 Å². The molecule has 0 aliphatic rings. The lowest BCUT2D eigenvalue weighted by molar-refractivity contribution is -0.151. The number of hydrogen-bond acceptors (Lipinski definition) is 8. The van der Waals surface area contributed by atoms with Gasteiger partial charge in [-0.15, -0.1) is 0 Å². The predicted molar refractivity (Wildman–Crippen MR) is 77.8 cm³/mol. The maximum Gasteiger partial charge on any atom is 0.519 e. The van der Waals surface area contributed by atoms with Crippen LogP contribution in [0.25, 0.3) is 0 Å². The number of phenols is 2. The number of aromatic hydroxyl groups is 2. The van der Waals surface area contributed by atoms with Crippen molar-refractivity contribution >= 4 is 5.97 Å². The second-order valence-electron chi connectivity index (χ2n) is 5.43. The predicted octanol–water partition coefficient (Wildman–Crippen LogP) is 0.956. The maximum atomic E-state index is 12.1. The van der Waals surface area contributed by atoms with Crippen LogP contribution >= 0.6 is 0 Å². The second-order valence-corrected chi connectivity index (χ2v) is 5.43. The number of aryl methyl sites for hydroxylation is 1. The van der Waals surface area contributed by atoms with Gasteiger partial charge < -0.3 is 29.5 Å². The van der Waals surface area contributed by atoms with Gasteiger partial charge in [-0.05, 0) is 31.5 Å². The second kappa shape index (κ2) is 6.17. The lowest BCUT2D eigenvalue weighted by atomic mass is 9.94. The molecule has 0 fully saturated rings. The molecule has 8 heteroatoms. The monoisotopic (exact) mass is 323 g/mol. The number of carbonyl (C=O) groups excluding carboxylic acids is 1. The highest BCUT2D eigenvalue weighted by atomic mass is 16.6. The van der Waals surface area contributed by atoms with Crippen molar-refractivity contribution in [2.45, 2.75) is 32.4 Å². The van der Waals surface area contributed by atoms with Crippen molar-refractivity contribution in [2.24, 2.45) is 5.73 Å². The molecule has 0 aliphatic heterocycles. The van der Waals surface area contributed by atoms with Gasteiger partial charge in [0.05, 0.1) is 0 Å². The SMILES string of the molecule is Cc1oc(=O)oc1COC(=O)C(C)(N)Cc1ccc(O)c(O)c1. The zero-order valence-corrected chi connectivity index (χ0v) is 12.7. The summed E-state index contributed by atoms with van der Waals surface area (Å²) in [6, 6.07) is 4.15. The van der Waals surface area contributed by atoms with Gasteiger partial charge in [-0.1, -0.05) is 6.07 Å². The highest BCUT2D eigenvalue weighted by Gasteiger charge is 2.31. The van der Waals surface area contributed by atoms with Gasteiger partial charge >= 0.3 is 11.8 Å². The zero-order chi connectivity index (χ0) is 17.2. The van der Waals surface area contributed by atoms with E-state index in [-0.39, 0.29) is 36.0 Å². The number of rotatable bonds is 5. The summed E-state index contributed by atoms with van der Waals surface area (Å²) in [5.74, 6) is -1.81. The molecule has 23 heavy (non-hydrogen) atoms. The smallest absolute Gasteiger partial charge is 0.504 e. The Morgan fingerprint density at radius 3 is 2.57 bits per heavy atom. The molecule has 0 spiro atoms. The molecule has 0 aliphatic carbocycles. The fourth-order valence-corrected chi connectivity index (χ4v) is 1.98. The first-order chi connectivity index (χ1) is 10.7. The van der Waals surface area contributed by atoms with Crippen molar-refractivity contribution in [2.75, 3.05) is 0 Å². The van der Waals surface area contributed by atoms with Gasteiger partial charge in [-0.2, -0.15) is 0 Å². The Labute approximate surface area is 131 Å². The molecule has 2 aromatic rings. The van der Waals surface area contributed by atoms with E-state index in [9.17, 15) is 19.8 Å².